The number of hydrogen-bond acceptors (Lipinski definition) is 4. The Balaban J connectivity index is 2.71. The van der Waals surface area contributed by atoms with Crippen LogP contribution >= 0.6 is 0 Å². The number of primary amides is 1. The number of carbonyl (C=O) groups excluding carboxylic acids is 1. The molecule has 0 aliphatic heterocycles. The van der Waals surface area contributed by atoms with Crippen molar-refractivity contribution in [2.45, 2.75) is 12.9 Å². The maximum absolute atomic E-state index is 12.0. The van der Waals surface area contributed by atoms with E-state index in [1.165, 1.54) is 17.0 Å². The molecule has 9 heteroatoms. The van der Waals surface area contributed by atoms with Gasteiger partial charge in [0.15, 0.2) is 0 Å². The van der Waals surface area contributed by atoms with Crippen molar-refractivity contribution >= 4 is 11.9 Å². The molecular formula is C12H13F3N2O4. The number of alkyl halides is 3. The molecule has 3 N–H and O–H groups in total. The van der Waals surface area contributed by atoms with Gasteiger partial charge >= 0.3 is 12.3 Å². The Kier molecular flexibility index (Phi) is 5.53. The minimum atomic E-state index is -4.77. The maximum Gasteiger partial charge on any atom is 0.573 e. The Morgan fingerprint density at radius 3 is 2.19 bits per heavy atom. The molecule has 0 aliphatic carbocycles. The topological polar surface area (TPSA) is 92.9 Å². The van der Waals surface area contributed by atoms with Crippen molar-refractivity contribution < 1.29 is 32.6 Å². The van der Waals surface area contributed by atoms with E-state index in [9.17, 15) is 22.8 Å². The van der Waals surface area contributed by atoms with E-state index in [0.717, 1.165) is 12.1 Å². The number of hydrogen-bond donors (Lipinski definition) is 2. The van der Waals surface area contributed by atoms with E-state index < -0.39 is 24.8 Å². The molecule has 0 fully saturated rings. The van der Waals surface area contributed by atoms with Crippen LogP contribution in [0.4, 0.5) is 13.2 Å². The third-order valence-corrected chi connectivity index (χ3v) is 2.30. The Bertz CT molecular complexity index is 486. The number of amides is 1. The number of nitrogens with zero attached hydrogens (tertiary/aromatic N) is 1. The summed E-state index contributed by atoms with van der Waals surface area (Å²) < 4.78 is 39.7. The van der Waals surface area contributed by atoms with E-state index >= 15 is 0 Å². The van der Waals surface area contributed by atoms with Crippen LogP contribution in [-0.2, 0) is 16.1 Å². The Morgan fingerprint density at radius 1 is 1.19 bits per heavy atom. The minimum Gasteiger partial charge on any atom is -0.480 e. The van der Waals surface area contributed by atoms with Crippen LogP contribution in [0.15, 0.2) is 24.3 Å². The number of rotatable bonds is 7. The van der Waals surface area contributed by atoms with Crippen LogP contribution in [-0.4, -0.2) is 41.3 Å². The molecule has 6 nitrogen and oxygen atoms in total. The third-order valence-electron chi connectivity index (χ3n) is 2.30. The summed E-state index contributed by atoms with van der Waals surface area (Å²) in [5, 5.41) is 8.71. The molecule has 0 radical (unpaired) electrons. The lowest BCUT2D eigenvalue weighted by Crippen LogP contribution is -2.36. The number of benzene rings is 1. The quantitative estimate of drug-likeness (QED) is 0.782. The van der Waals surface area contributed by atoms with E-state index in [1.54, 1.807) is 0 Å². The van der Waals surface area contributed by atoms with Gasteiger partial charge in [-0.2, -0.15) is 0 Å². The number of carboxylic acid groups (broad SMARTS) is 1. The average molecular weight is 306 g/mol. The second kappa shape index (κ2) is 6.93. The van der Waals surface area contributed by atoms with Crippen LogP contribution in [0.2, 0.25) is 0 Å². The Labute approximate surface area is 117 Å². The first kappa shape index (κ1) is 16.8. The van der Waals surface area contributed by atoms with Gasteiger partial charge < -0.3 is 15.6 Å². The van der Waals surface area contributed by atoms with Crippen molar-refractivity contribution in [2.24, 2.45) is 5.73 Å². The minimum absolute atomic E-state index is 0.0571. The predicted octanol–water partition coefficient (Wildman–Crippen LogP) is 0.957. The molecule has 0 saturated carbocycles. The predicted molar refractivity (Wildman–Crippen MR) is 65.2 cm³/mol. The molecule has 1 rings (SSSR count). The van der Waals surface area contributed by atoms with E-state index in [2.05, 4.69) is 4.74 Å². The summed E-state index contributed by atoms with van der Waals surface area (Å²) in [6.45, 7) is -0.627. The highest BCUT2D eigenvalue weighted by atomic mass is 19.4. The van der Waals surface area contributed by atoms with Crippen LogP contribution in [0, 0.1) is 0 Å². The average Bonchev–Trinajstić information content (AvgIpc) is 2.28. The number of ether oxygens (including phenoxy) is 1. The van der Waals surface area contributed by atoms with Crippen LogP contribution in [0.1, 0.15) is 5.56 Å². The van der Waals surface area contributed by atoms with E-state index in [4.69, 9.17) is 10.8 Å². The summed E-state index contributed by atoms with van der Waals surface area (Å²) in [5.41, 5.74) is 5.52. The van der Waals surface area contributed by atoms with Gasteiger partial charge in [-0.25, -0.2) is 0 Å². The molecule has 0 aliphatic rings. The highest BCUT2D eigenvalue weighted by molar-refractivity contribution is 5.77. The lowest BCUT2D eigenvalue weighted by molar-refractivity contribution is -0.274. The van der Waals surface area contributed by atoms with Gasteiger partial charge in [0.1, 0.15) is 5.75 Å². The summed E-state index contributed by atoms with van der Waals surface area (Å²) in [5.74, 6) is -2.23. The first-order valence-electron chi connectivity index (χ1n) is 5.73. The van der Waals surface area contributed by atoms with Crippen LogP contribution in [0.25, 0.3) is 0 Å². The zero-order valence-corrected chi connectivity index (χ0v) is 10.8. The number of nitrogens with two attached hydrogens (primary N) is 1. The largest absolute Gasteiger partial charge is 0.573 e. The van der Waals surface area contributed by atoms with E-state index in [1.807, 2.05) is 0 Å². The fourth-order valence-corrected chi connectivity index (χ4v) is 1.63. The standard InChI is InChI=1S/C12H13F3N2O4/c13-12(14,15)21-9-3-1-8(2-4-9)5-17(6-10(16)18)7-11(19)20/h1-4H,5-7H2,(H2,16,18)(H,19,20). The number of carboxylic acids is 1. The molecular weight excluding hydrogens is 293 g/mol. The number of halogens is 3. The summed E-state index contributed by atoms with van der Waals surface area (Å²) >= 11 is 0. The lowest BCUT2D eigenvalue weighted by Gasteiger charge is -2.18. The zero-order valence-electron chi connectivity index (χ0n) is 10.8. The van der Waals surface area contributed by atoms with Gasteiger partial charge in [-0.05, 0) is 17.7 Å². The van der Waals surface area contributed by atoms with Crippen molar-refractivity contribution in [3.8, 4) is 5.75 Å². The highest BCUT2D eigenvalue weighted by Gasteiger charge is 2.30. The first-order valence-corrected chi connectivity index (χ1v) is 5.73. The van der Waals surface area contributed by atoms with Gasteiger partial charge in [-0.3, -0.25) is 14.5 Å². The first-order chi connectivity index (χ1) is 9.65. The highest BCUT2D eigenvalue weighted by Crippen LogP contribution is 2.23. The molecule has 0 unspecified atom stereocenters. The normalized spacial score (nSPS) is 11.4. The molecule has 1 aromatic rings. The summed E-state index contributed by atoms with van der Waals surface area (Å²) in [6, 6.07) is 4.89. The van der Waals surface area contributed by atoms with Crippen molar-refractivity contribution in [3.05, 3.63) is 29.8 Å². The fraction of sp³-hybridized carbons (Fsp3) is 0.333. The SMILES string of the molecule is NC(=O)CN(CC(=O)O)Cc1ccc(OC(F)(F)F)cc1. The lowest BCUT2D eigenvalue weighted by atomic mass is 10.2. The Morgan fingerprint density at radius 2 is 1.76 bits per heavy atom. The van der Waals surface area contributed by atoms with Crippen molar-refractivity contribution in [3.63, 3.8) is 0 Å². The molecule has 0 spiro atoms. The van der Waals surface area contributed by atoms with Gasteiger partial charge in [0.25, 0.3) is 0 Å². The molecule has 0 atom stereocenters. The van der Waals surface area contributed by atoms with Crippen LogP contribution in [0.3, 0.4) is 0 Å². The Hall–Kier alpha value is -2.29. The summed E-state index contributed by atoms with van der Waals surface area (Å²) in [7, 11) is 0. The van der Waals surface area contributed by atoms with Crippen molar-refractivity contribution in [1.29, 1.82) is 0 Å². The van der Waals surface area contributed by atoms with Gasteiger partial charge in [-0.1, -0.05) is 12.1 Å². The maximum atomic E-state index is 12.0. The van der Waals surface area contributed by atoms with Crippen molar-refractivity contribution in [1.82, 2.24) is 4.90 Å². The molecule has 0 aromatic heterocycles. The van der Waals surface area contributed by atoms with Gasteiger partial charge in [-0.15, -0.1) is 13.2 Å². The van der Waals surface area contributed by atoms with E-state index in [0.29, 0.717) is 5.56 Å². The second-order valence-electron chi connectivity index (χ2n) is 4.20. The number of carbonyl (C=O) groups is 2. The molecule has 1 amide bonds. The second-order valence-corrected chi connectivity index (χ2v) is 4.20. The fourth-order valence-electron chi connectivity index (χ4n) is 1.63. The summed E-state index contributed by atoms with van der Waals surface area (Å²) in [4.78, 5) is 22.7. The monoisotopic (exact) mass is 306 g/mol. The van der Waals surface area contributed by atoms with E-state index in [-0.39, 0.29) is 18.8 Å². The van der Waals surface area contributed by atoms with Gasteiger partial charge in [0.2, 0.25) is 5.91 Å². The summed E-state index contributed by atoms with van der Waals surface area (Å²) in [6.07, 6.45) is -4.77. The molecule has 1 aromatic carbocycles. The molecule has 21 heavy (non-hydrogen) atoms. The third kappa shape index (κ3) is 7.16. The van der Waals surface area contributed by atoms with Crippen LogP contribution in [0.5, 0.6) is 5.75 Å². The van der Waals surface area contributed by atoms with Gasteiger partial charge in [0.05, 0.1) is 13.1 Å². The van der Waals surface area contributed by atoms with Crippen LogP contribution < -0.4 is 10.5 Å². The van der Waals surface area contributed by atoms with Crippen molar-refractivity contribution in [2.75, 3.05) is 13.1 Å². The molecule has 116 valence electrons. The molecule has 0 heterocycles. The smallest absolute Gasteiger partial charge is 0.480 e. The molecule has 0 saturated heterocycles. The van der Waals surface area contributed by atoms with Gasteiger partial charge in [0, 0.05) is 6.54 Å². The zero-order chi connectivity index (χ0) is 16.0. The number of aliphatic carboxylic acids is 1. The molecule has 0 bridgehead atoms.